The highest BCUT2D eigenvalue weighted by atomic mass is 16.6. The lowest BCUT2D eigenvalue weighted by Gasteiger charge is -2.37. The standard InChI is InChI=1S/C15H19N3O5/c1-10(19)21-9-12-7-13(14(17-18-16)15(20)23-12)22-8-11-5-3-2-4-6-11/h2-6,12-15,20H,7-9H2,1H3/t12?,13-,14?,15?/m0/s1. The van der Waals surface area contributed by atoms with Crippen LogP contribution < -0.4 is 0 Å². The summed E-state index contributed by atoms with van der Waals surface area (Å²) in [5.41, 5.74) is 9.61. The summed E-state index contributed by atoms with van der Waals surface area (Å²) in [5, 5.41) is 13.6. The topological polar surface area (TPSA) is 114 Å². The van der Waals surface area contributed by atoms with Crippen molar-refractivity contribution in [2.24, 2.45) is 5.11 Å². The van der Waals surface area contributed by atoms with Gasteiger partial charge in [0, 0.05) is 18.3 Å². The van der Waals surface area contributed by atoms with Gasteiger partial charge in [-0.05, 0) is 11.1 Å². The Morgan fingerprint density at radius 2 is 2.22 bits per heavy atom. The van der Waals surface area contributed by atoms with Crippen LogP contribution in [-0.2, 0) is 25.6 Å². The summed E-state index contributed by atoms with van der Waals surface area (Å²) in [4.78, 5) is 13.6. The molecule has 1 aromatic rings. The van der Waals surface area contributed by atoms with Gasteiger partial charge in [-0.25, -0.2) is 0 Å². The highest BCUT2D eigenvalue weighted by Crippen LogP contribution is 2.25. The van der Waals surface area contributed by atoms with Crippen LogP contribution in [0.15, 0.2) is 35.4 Å². The van der Waals surface area contributed by atoms with Crippen molar-refractivity contribution in [1.29, 1.82) is 0 Å². The van der Waals surface area contributed by atoms with Gasteiger partial charge < -0.3 is 19.3 Å². The highest BCUT2D eigenvalue weighted by molar-refractivity contribution is 5.65. The van der Waals surface area contributed by atoms with E-state index in [0.29, 0.717) is 13.0 Å². The number of hydrogen-bond donors (Lipinski definition) is 1. The van der Waals surface area contributed by atoms with Crippen molar-refractivity contribution in [3.05, 3.63) is 46.3 Å². The Balaban J connectivity index is 2.00. The molecule has 2 rings (SSSR count). The SMILES string of the molecule is CC(=O)OCC1C[C@H](OCc2ccccc2)C(N=[N+]=[N-])C(O)O1. The molecule has 0 aromatic heterocycles. The first-order valence-corrected chi connectivity index (χ1v) is 7.26. The zero-order valence-electron chi connectivity index (χ0n) is 12.7. The van der Waals surface area contributed by atoms with Crippen LogP contribution in [-0.4, -0.2) is 42.2 Å². The number of rotatable bonds is 6. The van der Waals surface area contributed by atoms with Gasteiger partial charge in [0.05, 0.1) is 18.8 Å². The molecule has 1 aliphatic rings. The molecule has 1 heterocycles. The first-order chi connectivity index (χ1) is 11.1. The Hall–Kier alpha value is -2.12. The summed E-state index contributed by atoms with van der Waals surface area (Å²) in [6.45, 7) is 1.63. The van der Waals surface area contributed by atoms with Crippen LogP contribution >= 0.6 is 0 Å². The molecule has 0 aliphatic carbocycles. The highest BCUT2D eigenvalue weighted by Gasteiger charge is 2.38. The maximum atomic E-state index is 10.9. The van der Waals surface area contributed by atoms with E-state index in [1.165, 1.54) is 6.92 Å². The van der Waals surface area contributed by atoms with E-state index in [2.05, 4.69) is 10.0 Å². The fourth-order valence-electron chi connectivity index (χ4n) is 2.37. The van der Waals surface area contributed by atoms with E-state index in [1.54, 1.807) is 0 Å². The van der Waals surface area contributed by atoms with E-state index >= 15 is 0 Å². The Bertz CT molecular complexity index is 561. The van der Waals surface area contributed by atoms with Crippen molar-refractivity contribution < 1.29 is 24.1 Å². The van der Waals surface area contributed by atoms with Crippen LogP contribution in [0, 0.1) is 0 Å². The van der Waals surface area contributed by atoms with Crippen molar-refractivity contribution in [3.63, 3.8) is 0 Å². The van der Waals surface area contributed by atoms with Crippen LogP contribution in [0.2, 0.25) is 0 Å². The quantitative estimate of drug-likeness (QED) is 0.372. The molecule has 0 spiro atoms. The molecule has 1 aromatic carbocycles. The lowest BCUT2D eigenvalue weighted by Crippen LogP contribution is -2.49. The average Bonchev–Trinajstić information content (AvgIpc) is 2.54. The molecule has 124 valence electrons. The molecule has 1 aliphatic heterocycles. The van der Waals surface area contributed by atoms with Crippen LogP contribution in [0.1, 0.15) is 18.9 Å². The number of carbonyl (C=O) groups is 1. The number of esters is 1. The second-order valence-corrected chi connectivity index (χ2v) is 5.22. The summed E-state index contributed by atoms with van der Waals surface area (Å²) in [6, 6.07) is 8.66. The summed E-state index contributed by atoms with van der Waals surface area (Å²) in [5.74, 6) is -0.429. The van der Waals surface area contributed by atoms with Gasteiger partial charge in [0.15, 0.2) is 6.29 Å². The maximum absolute atomic E-state index is 10.9. The number of nitrogens with zero attached hydrogens (tertiary/aromatic N) is 3. The predicted molar refractivity (Wildman–Crippen MR) is 80.1 cm³/mol. The number of ether oxygens (including phenoxy) is 3. The van der Waals surface area contributed by atoms with Crippen molar-refractivity contribution in [2.75, 3.05) is 6.61 Å². The molecule has 1 fully saturated rings. The lowest BCUT2D eigenvalue weighted by molar-refractivity contribution is -0.220. The summed E-state index contributed by atoms with van der Waals surface area (Å²) >= 11 is 0. The van der Waals surface area contributed by atoms with Crippen molar-refractivity contribution in [3.8, 4) is 0 Å². The first kappa shape index (κ1) is 17.2. The normalized spacial score (nSPS) is 27.0. The summed E-state index contributed by atoms with van der Waals surface area (Å²) < 4.78 is 16.0. The molecule has 3 unspecified atom stereocenters. The molecule has 0 radical (unpaired) electrons. The second kappa shape index (κ2) is 8.50. The monoisotopic (exact) mass is 321 g/mol. The smallest absolute Gasteiger partial charge is 0.302 e. The first-order valence-electron chi connectivity index (χ1n) is 7.26. The van der Waals surface area contributed by atoms with Crippen molar-refractivity contribution in [1.82, 2.24) is 0 Å². The third kappa shape index (κ3) is 5.22. The van der Waals surface area contributed by atoms with Gasteiger partial charge in [-0.2, -0.15) is 0 Å². The van der Waals surface area contributed by atoms with E-state index in [4.69, 9.17) is 19.7 Å². The molecule has 8 heteroatoms. The predicted octanol–water partition coefficient (Wildman–Crippen LogP) is 1.92. The van der Waals surface area contributed by atoms with Crippen LogP contribution in [0.3, 0.4) is 0 Å². The Morgan fingerprint density at radius 1 is 1.48 bits per heavy atom. The number of hydrogen-bond acceptors (Lipinski definition) is 6. The fraction of sp³-hybridized carbons (Fsp3) is 0.533. The van der Waals surface area contributed by atoms with E-state index < -0.39 is 30.5 Å². The van der Waals surface area contributed by atoms with Gasteiger partial charge in [0.1, 0.15) is 12.6 Å². The molecule has 1 N–H and O–H groups in total. The minimum absolute atomic E-state index is 0.0145. The van der Waals surface area contributed by atoms with Crippen molar-refractivity contribution >= 4 is 5.97 Å². The number of carbonyl (C=O) groups excluding carboxylic acids is 1. The van der Waals surface area contributed by atoms with Gasteiger partial charge >= 0.3 is 5.97 Å². The van der Waals surface area contributed by atoms with Gasteiger partial charge in [-0.15, -0.1) is 0 Å². The third-order valence-electron chi connectivity index (χ3n) is 3.46. The van der Waals surface area contributed by atoms with Gasteiger partial charge in [-0.3, -0.25) is 4.79 Å². The molecule has 1 saturated heterocycles. The largest absolute Gasteiger partial charge is 0.463 e. The molecule has 0 bridgehead atoms. The molecular formula is C15H19N3O5. The number of aliphatic hydroxyl groups is 1. The molecule has 4 atom stereocenters. The van der Waals surface area contributed by atoms with Gasteiger partial charge in [0.25, 0.3) is 0 Å². The molecule has 8 nitrogen and oxygen atoms in total. The van der Waals surface area contributed by atoms with Crippen LogP contribution in [0.4, 0.5) is 0 Å². The Kier molecular flexibility index (Phi) is 6.37. The van der Waals surface area contributed by atoms with Gasteiger partial charge in [-0.1, -0.05) is 35.4 Å². The lowest BCUT2D eigenvalue weighted by atomic mass is 10.0. The molecule has 23 heavy (non-hydrogen) atoms. The van der Waals surface area contributed by atoms with E-state index in [0.717, 1.165) is 5.56 Å². The summed E-state index contributed by atoms with van der Waals surface area (Å²) in [7, 11) is 0. The average molecular weight is 321 g/mol. The summed E-state index contributed by atoms with van der Waals surface area (Å²) in [6.07, 6.45) is -2.00. The molecular weight excluding hydrogens is 302 g/mol. The minimum Gasteiger partial charge on any atom is -0.463 e. The van der Waals surface area contributed by atoms with E-state index in [9.17, 15) is 9.90 Å². The third-order valence-corrected chi connectivity index (χ3v) is 3.46. The maximum Gasteiger partial charge on any atom is 0.302 e. The van der Waals surface area contributed by atoms with Crippen LogP contribution in [0.25, 0.3) is 10.4 Å². The zero-order chi connectivity index (χ0) is 16.7. The number of benzene rings is 1. The molecule has 0 saturated carbocycles. The van der Waals surface area contributed by atoms with E-state index in [1.807, 2.05) is 30.3 Å². The fourth-order valence-corrected chi connectivity index (χ4v) is 2.37. The zero-order valence-corrected chi connectivity index (χ0v) is 12.7. The van der Waals surface area contributed by atoms with Gasteiger partial charge in [0.2, 0.25) is 0 Å². The Morgan fingerprint density at radius 3 is 2.87 bits per heavy atom. The molecule has 0 amide bonds. The van der Waals surface area contributed by atoms with Crippen molar-refractivity contribution in [2.45, 2.75) is 44.5 Å². The Labute approximate surface area is 133 Å². The number of azide groups is 1. The van der Waals surface area contributed by atoms with E-state index in [-0.39, 0.29) is 6.61 Å². The minimum atomic E-state index is -1.30. The van der Waals surface area contributed by atoms with Crippen LogP contribution in [0.5, 0.6) is 0 Å². The second-order valence-electron chi connectivity index (χ2n) is 5.22. The number of aliphatic hydroxyl groups excluding tert-OH is 1.